The summed E-state index contributed by atoms with van der Waals surface area (Å²) in [6.07, 6.45) is 8.36. The number of benzene rings is 2. The number of carbonyl (C=O) groups excluding carboxylic acids is 2. The fourth-order valence-electron chi connectivity index (χ4n) is 8.63. The van der Waals surface area contributed by atoms with Crippen molar-refractivity contribution >= 4 is 39.1 Å². The molecule has 2 aromatic carbocycles. The van der Waals surface area contributed by atoms with Gasteiger partial charge in [-0.05, 0) is 117 Å². The van der Waals surface area contributed by atoms with E-state index in [1.807, 2.05) is 42.2 Å². The summed E-state index contributed by atoms with van der Waals surface area (Å²) in [6.45, 7) is 10.1. The van der Waals surface area contributed by atoms with Gasteiger partial charge >= 0.3 is 0 Å². The molecule has 1 saturated carbocycles. The highest BCUT2D eigenvalue weighted by Gasteiger charge is 2.39. The highest BCUT2D eigenvalue weighted by Crippen LogP contribution is 2.44. The lowest BCUT2D eigenvalue weighted by Crippen LogP contribution is -2.45. The fourth-order valence-corrected chi connectivity index (χ4v) is 10.1. The van der Waals surface area contributed by atoms with Crippen molar-refractivity contribution in [1.29, 1.82) is 0 Å². The van der Waals surface area contributed by atoms with Crippen LogP contribution in [0, 0.1) is 23.7 Å². The van der Waals surface area contributed by atoms with E-state index in [2.05, 4.69) is 14.5 Å². The van der Waals surface area contributed by atoms with Gasteiger partial charge in [0.15, 0.2) is 0 Å². The van der Waals surface area contributed by atoms with Gasteiger partial charge in [0.25, 0.3) is 5.91 Å². The Hall–Kier alpha value is -2.86. The van der Waals surface area contributed by atoms with Crippen LogP contribution in [-0.4, -0.2) is 94.8 Å². The Labute approximate surface area is 315 Å². The minimum Gasteiger partial charge on any atom is -0.487 e. The standard InChI is InChI=1S/C40H57ClN4O6S/c1-28-7-6-9-32(25-43-18-16-39(46)44(20-19-43)21-22-50-3)36-14-11-33(36)26-45-17-5-4-8-30-23-35(41)13-10-34(30)27-51-38-15-12-31(24-37(38)45)40(47)42-52(48,49)29(28)2/h10,12-13,15,23-24,28-29,32-33,36H,4-9,11,14,16-22,25-27H2,1-3H3,(H,42,47)/t28-,29+,32+,33-,36-/m0/s1. The third kappa shape index (κ3) is 9.43. The van der Waals surface area contributed by atoms with Crippen molar-refractivity contribution in [2.75, 3.05) is 64.4 Å². The van der Waals surface area contributed by atoms with E-state index in [9.17, 15) is 18.0 Å². The van der Waals surface area contributed by atoms with Crippen molar-refractivity contribution < 1.29 is 27.5 Å². The van der Waals surface area contributed by atoms with Crippen LogP contribution < -0.4 is 14.4 Å². The molecule has 3 aliphatic heterocycles. The number of aryl methyl sites for hydroxylation is 1. The van der Waals surface area contributed by atoms with Crippen LogP contribution in [-0.2, 0) is 32.6 Å². The summed E-state index contributed by atoms with van der Waals surface area (Å²) in [5.74, 6) is 1.60. The molecular weight excluding hydrogens is 700 g/mol. The van der Waals surface area contributed by atoms with Crippen LogP contribution in [0.2, 0.25) is 5.02 Å². The monoisotopic (exact) mass is 756 g/mol. The molecule has 0 spiro atoms. The topological polar surface area (TPSA) is 108 Å². The van der Waals surface area contributed by atoms with Crippen LogP contribution in [0.4, 0.5) is 5.69 Å². The Morgan fingerprint density at radius 1 is 0.923 bits per heavy atom. The third-order valence-corrected chi connectivity index (χ3v) is 14.4. The SMILES string of the molecule is COCCN1CCN(C[C@H]2CCC[C@H](C)[C@@H](C)S(=O)(=O)NC(=O)c3ccc4c(c3)N(CCCCc3cc(Cl)ccc3CO4)C[C@@H]3CC[C@@H]23)CCC1=O. The number of nitrogens with zero attached hydrogens (tertiary/aromatic N) is 3. The number of carbonyl (C=O) groups is 2. The average Bonchev–Trinajstić information content (AvgIpc) is 3.29. The molecule has 10 nitrogen and oxygen atoms in total. The summed E-state index contributed by atoms with van der Waals surface area (Å²) in [6, 6.07) is 11.3. The van der Waals surface area contributed by atoms with Gasteiger partial charge in [0, 0.05) is 69.9 Å². The van der Waals surface area contributed by atoms with Crippen LogP contribution in [0.15, 0.2) is 36.4 Å². The molecule has 3 heterocycles. The molecule has 1 N–H and O–H groups in total. The lowest BCUT2D eigenvalue weighted by atomic mass is 9.65. The van der Waals surface area contributed by atoms with Crippen LogP contribution in [0.3, 0.4) is 0 Å². The number of halogens is 1. The van der Waals surface area contributed by atoms with Crippen molar-refractivity contribution in [3.63, 3.8) is 0 Å². The van der Waals surface area contributed by atoms with Gasteiger partial charge in [-0.25, -0.2) is 13.1 Å². The van der Waals surface area contributed by atoms with E-state index in [1.165, 1.54) is 5.56 Å². The molecular formula is C40H57ClN4O6S. The van der Waals surface area contributed by atoms with Gasteiger partial charge in [-0.2, -0.15) is 0 Å². The predicted molar refractivity (Wildman–Crippen MR) is 205 cm³/mol. The number of anilines is 1. The molecule has 1 saturated heterocycles. The first-order chi connectivity index (χ1) is 25.0. The van der Waals surface area contributed by atoms with Crippen LogP contribution >= 0.6 is 11.6 Å². The van der Waals surface area contributed by atoms with Crippen LogP contribution in [0.25, 0.3) is 0 Å². The zero-order valence-electron chi connectivity index (χ0n) is 31.2. The molecule has 2 amide bonds. The first kappa shape index (κ1) is 38.9. The van der Waals surface area contributed by atoms with Crippen molar-refractivity contribution in [2.24, 2.45) is 23.7 Å². The number of nitrogens with one attached hydrogen (secondary N) is 1. The van der Waals surface area contributed by atoms with Crippen LogP contribution in [0.1, 0.15) is 86.7 Å². The molecule has 5 atom stereocenters. The number of fused-ring (bicyclic) bond motifs is 3. The summed E-state index contributed by atoms with van der Waals surface area (Å²) in [4.78, 5) is 33.3. The van der Waals surface area contributed by atoms with Gasteiger partial charge in [-0.3, -0.25) is 9.59 Å². The predicted octanol–water partition coefficient (Wildman–Crippen LogP) is 6.15. The molecule has 12 heteroatoms. The van der Waals surface area contributed by atoms with Crippen LogP contribution in [0.5, 0.6) is 5.75 Å². The van der Waals surface area contributed by atoms with Crippen molar-refractivity contribution in [3.05, 3.63) is 58.1 Å². The first-order valence-electron chi connectivity index (χ1n) is 19.4. The number of hydrogen-bond donors (Lipinski definition) is 1. The van der Waals surface area contributed by atoms with E-state index in [0.29, 0.717) is 61.8 Å². The molecule has 0 unspecified atom stereocenters. The second kappa shape index (κ2) is 17.5. The third-order valence-electron chi connectivity index (χ3n) is 12.3. The normalized spacial score (nSPS) is 27.9. The Morgan fingerprint density at radius 3 is 2.56 bits per heavy atom. The number of ether oxygens (including phenoxy) is 2. The Kier molecular flexibility index (Phi) is 13.1. The Morgan fingerprint density at radius 2 is 1.77 bits per heavy atom. The molecule has 6 rings (SSSR count). The molecule has 2 bridgehead atoms. The Bertz CT molecular complexity index is 1670. The molecule has 4 aliphatic rings. The van der Waals surface area contributed by atoms with Gasteiger partial charge in [0.1, 0.15) is 12.4 Å². The molecule has 0 radical (unpaired) electrons. The van der Waals surface area contributed by atoms with Gasteiger partial charge in [-0.1, -0.05) is 31.0 Å². The maximum atomic E-state index is 13.6. The number of hydrogen-bond acceptors (Lipinski definition) is 8. The van der Waals surface area contributed by atoms with E-state index >= 15 is 0 Å². The molecule has 2 fully saturated rings. The van der Waals surface area contributed by atoms with E-state index < -0.39 is 21.2 Å². The summed E-state index contributed by atoms with van der Waals surface area (Å²) in [7, 11) is -2.24. The van der Waals surface area contributed by atoms with E-state index in [1.54, 1.807) is 20.1 Å². The molecule has 0 aromatic heterocycles. The molecule has 1 aliphatic carbocycles. The Balaban J connectivity index is 1.30. The maximum absolute atomic E-state index is 13.6. The highest BCUT2D eigenvalue weighted by atomic mass is 35.5. The molecule has 52 heavy (non-hydrogen) atoms. The van der Waals surface area contributed by atoms with E-state index in [0.717, 1.165) is 100 Å². The number of methoxy groups -OCH3 is 1. The highest BCUT2D eigenvalue weighted by molar-refractivity contribution is 7.90. The lowest BCUT2D eigenvalue weighted by molar-refractivity contribution is -0.131. The summed E-state index contributed by atoms with van der Waals surface area (Å²) < 4.78 is 41.3. The minimum absolute atomic E-state index is 0.116. The summed E-state index contributed by atoms with van der Waals surface area (Å²) in [5.41, 5.74) is 3.42. The summed E-state index contributed by atoms with van der Waals surface area (Å²) in [5, 5.41) is -0.00239. The quantitative estimate of drug-likeness (QED) is 0.387. The lowest BCUT2D eigenvalue weighted by Gasteiger charge is -2.46. The van der Waals surface area contributed by atoms with Gasteiger partial charge in [-0.15, -0.1) is 0 Å². The average molecular weight is 757 g/mol. The van der Waals surface area contributed by atoms with Gasteiger partial charge < -0.3 is 24.2 Å². The van der Waals surface area contributed by atoms with E-state index in [4.69, 9.17) is 21.1 Å². The zero-order valence-corrected chi connectivity index (χ0v) is 32.7. The number of amides is 2. The zero-order chi connectivity index (χ0) is 36.8. The minimum atomic E-state index is -3.91. The van der Waals surface area contributed by atoms with Crippen molar-refractivity contribution in [3.8, 4) is 5.75 Å². The number of sulfonamides is 1. The molecule has 2 aromatic rings. The fraction of sp³-hybridized carbons (Fsp3) is 0.650. The largest absolute Gasteiger partial charge is 0.487 e. The van der Waals surface area contributed by atoms with Crippen molar-refractivity contribution in [2.45, 2.75) is 83.5 Å². The first-order valence-corrected chi connectivity index (χ1v) is 21.3. The maximum Gasteiger partial charge on any atom is 0.264 e. The van der Waals surface area contributed by atoms with Crippen molar-refractivity contribution in [1.82, 2.24) is 14.5 Å². The van der Waals surface area contributed by atoms with Gasteiger partial charge in [0.2, 0.25) is 15.9 Å². The smallest absolute Gasteiger partial charge is 0.264 e. The molecule has 286 valence electrons. The van der Waals surface area contributed by atoms with E-state index in [-0.39, 0.29) is 11.8 Å². The second-order valence-corrected chi connectivity index (χ2v) is 18.0. The summed E-state index contributed by atoms with van der Waals surface area (Å²) >= 11 is 6.39. The second-order valence-electron chi connectivity index (χ2n) is 15.6. The van der Waals surface area contributed by atoms with Gasteiger partial charge in [0.05, 0.1) is 17.5 Å². The number of rotatable bonds is 5.